The Morgan fingerprint density at radius 2 is 2.15 bits per heavy atom. The summed E-state index contributed by atoms with van der Waals surface area (Å²) >= 11 is 0. The lowest BCUT2D eigenvalue weighted by molar-refractivity contribution is -0.257. The molecule has 2 aliphatic heterocycles. The van der Waals surface area contributed by atoms with Gasteiger partial charge in [-0.1, -0.05) is 35.4 Å². The van der Waals surface area contributed by atoms with Crippen molar-refractivity contribution < 1.29 is 14.6 Å². The Bertz CT molecular complexity index is 506. The molecule has 5 atom stereocenters. The maximum absolute atomic E-state index is 10.3. The second-order valence-electron chi connectivity index (χ2n) is 4.95. The molecule has 2 saturated heterocycles. The normalized spacial score (nSPS) is 36.8. The van der Waals surface area contributed by atoms with Gasteiger partial charge in [-0.05, 0) is 5.53 Å². The van der Waals surface area contributed by atoms with E-state index in [1.807, 2.05) is 30.3 Å². The van der Waals surface area contributed by atoms with Crippen molar-refractivity contribution in [2.24, 2.45) is 5.11 Å². The van der Waals surface area contributed by atoms with Crippen LogP contribution < -0.4 is 5.32 Å². The van der Waals surface area contributed by atoms with Gasteiger partial charge in [-0.15, -0.1) is 0 Å². The highest BCUT2D eigenvalue weighted by Crippen LogP contribution is 2.30. The summed E-state index contributed by atoms with van der Waals surface area (Å²) in [5.74, 6) is 0. The highest BCUT2D eigenvalue weighted by Gasteiger charge is 2.43. The molecular formula is C13H16N4O3. The number of fused-ring (bicyclic) bond motifs is 1. The zero-order valence-electron chi connectivity index (χ0n) is 10.8. The number of ether oxygens (including phenoxy) is 2. The van der Waals surface area contributed by atoms with Crippen LogP contribution in [0.25, 0.3) is 10.4 Å². The van der Waals surface area contributed by atoms with Crippen LogP contribution in [-0.2, 0) is 9.47 Å². The molecule has 20 heavy (non-hydrogen) atoms. The number of hydrogen-bond acceptors (Lipinski definition) is 5. The van der Waals surface area contributed by atoms with E-state index in [0.29, 0.717) is 13.2 Å². The summed E-state index contributed by atoms with van der Waals surface area (Å²) in [5.41, 5.74) is 9.42. The maximum atomic E-state index is 10.3. The van der Waals surface area contributed by atoms with Crippen LogP contribution in [0.5, 0.6) is 0 Å². The first-order valence-electron chi connectivity index (χ1n) is 6.57. The Morgan fingerprint density at radius 3 is 2.90 bits per heavy atom. The van der Waals surface area contributed by atoms with Crippen molar-refractivity contribution in [1.29, 1.82) is 0 Å². The average molecular weight is 276 g/mol. The molecule has 7 nitrogen and oxygen atoms in total. The number of aliphatic hydroxyl groups is 1. The molecule has 2 aliphatic rings. The number of benzene rings is 1. The fraction of sp³-hybridized carbons (Fsp3) is 0.538. The number of nitrogens with zero attached hydrogens (tertiary/aromatic N) is 3. The first-order valence-corrected chi connectivity index (χ1v) is 6.57. The third kappa shape index (κ3) is 2.49. The highest BCUT2D eigenvalue weighted by molar-refractivity contribution is 5.17. The molecule has 0 amide bonds. The fourth-order valence-corrected chi connectivity index (χ4v) is 2.63. The van der Waals surface area contributed by atoms with E-state index >= 15 is 0 Å². The molecule has 0 aromatic heterocycles. The van der Waals surface area contributed by atoms with Gasteiger partial charge >= 0.3 is 0 Å². The first-order chi connectivity index (χ1) is 9.79. The quantitative estimate of drug-likeness (QED) is 0.480. The molecule has 3 rings (SSSR count). The Morgan fingerprint density at radius 1 is 1.35 bits per heavy atom. The van der Waals surface area contributed by atoms with E-state index in [2.05, 4.69) is 15.3 Å². The number of rotatable bonds is 2. The molecular weight excluding hydrogens is 260 g/mol. The zero-order valence-corrected chi connectivity index (χ0v) is 10.8. The minimum Gasteiger partial charge on any atom is -0.390 e. The summed E-state index contributed by atoms with van der Waals surface area (Å²) in [5, 5.41) is 17.1. The lowest BCUT2D eigenvalue weighted by atomic mass is 9.94. The molecule has 7 heteroatoms. The van der Waals surface area contributed by atoms with Crippen molar-refractivity contribution in [3.05, 3.63) is 46.3 Å². The predicted molar refractivity (Wildman–Crippen MR) is 70.7 cm³/mol. The number of azide groups is 1. The van der Waals surface area contributed by atoms with Crippen molar-refractivity contribution in [3.63, 3.8) is 0 Å². The van der Waals surface area contributed by atoms with Crippen LogP contribution in [0.1, 0.15) is 11.9 Å². The van der Waals surface area contributed by atoms with Gasteiger partial charge in [0, 0.05) is 17.0 Å². The van der Waals surface area contributed by atoms with Gasteiger partial charge < -0.3 is 19.9 Å². The van der Waals surface area contributed by atoms with Crippen molar-refractivity contribution in [1.82, 2.24) is 5.32 Å². The maximum Gasteiger partial charge on any atom is 0.184 e. The van der Waals surface area contributed by atoms with Crippen molar-refractivity contribution in [2.45, 2.75) is 30.6 Å². The van der Waals surface area contributed by atoms with Crippen molar-refractivity contribution in [3.8, 4) is 0 Å². The lowest BCUT2D eigenvalue weighted by Crippen LogP contribution is -2.63. The number of hydrogen-bond donors (Lipinski definition) is 2. The third-order valence-electron chi connectivity index (χ3n) is 3.70. The molecule has 0 saturated carbocycles. The molecule has 106 valence electrons. The summed E-state index contributed by atoms with van der Waals surface area (Å²) in [6.45, 7) is 0.874. The van der Waals surface area contributed by atoms with Gasteiger partial charge in [0.15, 0.2) is 6.29 Å². The second-order valence-corrected chi connectivity index (χ2v) is 4.95. The number of nitrogens with one attached hydrogen (secondary N) is 1. The van der Waals surface area contributed by atoms with E-state index in [4.69, 9.17) is 15.0 Å². The topological polar surface area (TPSA) is 99.5 Å². The van der Waals surface area contributed by atoms with Crippen LogP contribution in [0.15, 0.2) is 35.4 Å². The highest BCUT2D eigenvalue weighted by atomic mass is 16.7. The van der Waals surface area contributed by atoms with E-state index in [1.165, 1.54) is 0 Å². The smallest absolute Gasteiger partial charge is 0.184 e. The molecule has 0 radical (unpaired) electrons. The molecule has 2 heterocycles. The van der Waals surface area contributed by atoms with Crippen LogP contribution in [0.2, 0.25) is 0 Å². The van der Waals surface area contributed by atoms with E-state index in [1.54, 1.807) is 0 Å². The van der Waals surface area contributed by atoms with Gasteiger partial charge in [0.1, 0.15) is 6.10 Å². The van der Waals surface area contributed by atoms with Gasteiger partial charge in [0.05, 0.1) is 24.8 Å². The number of piperidine rings is 1. The van der Waals surface area contributed by atoms with Gasteiger partial charge in [-0.25, -0.2) is 0 Å². The van der Waals surface area contributed by atoms with Crippen LogP contribution in [0.3, 0.4) is 0 Å². The van der Waals surface area contributed by atoms with Gasteiger partial charge in [-0.3, -0.25) is 0 Å². The van der Waals surface area contributed by atoms with E-state index in [0.717, 1.165) is 5.56 Å². The SMILES string of the molecule is [N-]=[N+]=N[C@H]1CN[C@@H]2CO[C@@H](c3ccccc3)O[C@H]2[C@@H]1O. The molecule has 1 aromatic carbocycles. The predicted octanol–water partition coefficient (Wildman–Crippen LogP) is 1.11. The molecule has 0 spiro atoms. The van der Waals surface area contributed by atoms with Crippen LogP contribution in [0, 0.1) is 0 Å². The summed E-state index contributed by atoms with van der Waals surface area (Å²) in [4.78, 5) is 2.76. The van der Waals surface area contributed by atoms with Gasteiger partial charge in [-0.2, -0.15) is 0 Å². The molecule has 0 bridgehead atoms. The third-order valence-corrected chi connectivity index (χ3v) is 3.70. The Hall–Kier alpha value is -1.63. The summed E-state index contributed by atoms with van der Waals surface area (Å²) < 4.78 is 11.5. The summed E-state index contributed by atoms with van der Waals surface area (Å²) in [7, 11) is 0. The van der Waals surface area contributed by atoms with Crippen LogP contribution >= 0.6 is 0 Å². The monoisotopic (exact) mass is 276 g/mol. The van der Waals surface area contributed by atoms with Crippen LogP contribution in [-0.4, -0.2) is 42.5 Å². The molecule has 2 N–H and O–H groups in total. The average Bonchev–Trinajstić information content (AvgIpc) is 2.51. The minimum absolute atomic E-state index is 0.0879. The van der Waals surface area contributed by atoms with Gasteiger partial charge in [0.25, 0.3) is 0 Å². The largest absolute Gasteiger partial charge is 0.390 e. The Balaban J connectivity index is 1.75. The lowest BCUT2D eigenvalue weighted by Gasteiger charge is -2.44. The van der Waals surface area contributed by atoms with Gasteiger partial charge in [0.2, 0.25) is 0 Å². The van der Waals surface area contributed by atoms with Crippen LogP contribution in [0.4, 0.5) is 0 Å². The van der Waals surface area contributed by atoms with E-state index in [9.17, 15) is 5.11 Å². The first kappa shape index (κ1) is 13.4. The summed E-state index contributed by atoms with van der Waals surface area (Å²) in [6.07, 6.45) is -1.77. The van der Waals surface area contributed by atoms with E-state index in [-0.39, 0.29) is 6.04 Å². The van der Waals surface area contributed by atoms with E-state index < -0.39 is 24.5 Å². The molecule has 2 fully saturated rings. The summed E-state index contributed by atoms with van der Waals surface area (Å²) in [6, 6.07) is 8.96. The standard InChI is InChI=1S/C13H16N4O3/c14-17-16-9-6-15-10-7-19-13(20-12(10)11(9)18)8-4-2-1-3-5-8/h1-5,9-13,15,18H,6-7H2/t9-,10+,11+,12+,13+/m0/s1. The number of aliphatic hydroxyl groups excluding tert-OH is 1. The zero-order chi connectivity index (χ0) is 13.9. The molecule has 0 aliphatic carbocycles. The second kappa shape index (κ2) is 5.78. The Labute approximate surface area is 116 Å². The molecule has 0 unspecified atom stereocenters. The Kier molecular flexibility index (Phi) is 3.86. The van der Waals surface area contributed by atoms with Crippen molar-refractivity contribution >= 4 is 0 Å². The molecule has 1 aromatic rings. The fourth-order valence-electron chi connectivity index (χ4n) is 2.63. The minimum atomic E-state index is -0.827. The van der Waals surface area contributed by atoms with Crippen molar-refractivity contribution in [2.75, 3.05) is 13.2 Å².